The van der Waals surface area contributed by atoms with E-state index in [0.29, 0.717) is 13.1 Å². The van der Waals surface area contributed by atoms with Crippen molar-refractivity contribution in [2.45, 2.75) is 19.5 Å². The zero-order valence-corrected chi connectivity index (χ0v) is 19.8. The first-order valence-corrected chi connectivity index (χ1v) is 11.9. The number of aromatic nitrogens is 1. The van der Waals surface area contributed by atoms with E-state index >= 15 is 0 Å². The minimum absolute atomic E-state index is 0.0164. The summed E-state index contributed by atoms with van der Waals surface area (Å²) in [6, 6.07) is 30.7. The lowest BCUT2D eigenvalue weighted by Crippen LogP contribution is -2.10. The molecule has 1 aliphatic heterocycles. The number of hydrogen-bond donors (Lipinski definition) is 2. The molecule has 0 atom stereocenters. The summed E-state index contributed by atoms with van der Waals surface area (Å²) < 4.78 is 0. The van der Waals surface area contributed by atoms with Crippen molar-refractivity contribution in [3.05, 3.63) is 132 Å². The van der Waals surface area contributed by atoms with Crippen LogP contribution in [0.25, 0.3) is 22.8 Å². The Labute approximate surface area is 211 Å². The maximum atomic E-state index is 11.5. The lowest BCUT2D eigenvalue weighted by Gasteiger charge is -2.17. The maximum Gasteiger partial charge on any atom is 0.307 e. The molecule has 4 aromatic rings. The summed E-state index contributed by atoms with van der Waals surface area (Å²) in [6.07, 6.45) is 7.77. The van der Waals surface area contributed by atoms with Gasteiger partial charge in [0.2, 0.25) is 0 Å². The van der Waals surface area contributed by atoms with Gasteiger partial charge in [0.25, 0.3) is 0 Å². The molecule has 0 saturated heterocycles. The second kappa shape index (κ2) is 10.7. The van der Waals surface area contributed by atoms with Crippen LogP contribution in [0.3, 0.4) is 0 Å². The Bertz CT molecular complexity index is 1410. The van der Waals surface area contributed by atoms with Gasteiger partial charge in [-0.05, 0) is 57.2 Å². The molecule has 36 heavy (non-hydrogen) atoms. The standard InChI is InChI=1S/C31H27N3O2/c35-31(36)19-27-22-34(18-16-24-7-1-3-10-29(24)27)21-23-12-14-25(15-13-23)28-9-4-2-8-26(28)20-33-30-11-5-6-17-32-30/h1-18,22H,19-21H2,(H,32,33)(H,35,36). The number of nitrogens with one attached hydrogen (secondary N) is 1. The van der Waals surface area contributed by atoms with Crippen molar-refractivity contribution in [2.24, 2.45) is 0 Å². The van der Waals surface area contributed by atoms with E-state index in [0.717, 1.165) is 33.6 Å². The highest BCUT2D eigenvalue weighted by molar-refractivity contribution is 5.87. The van der Waals surface area contributed by atoms with Crippen molar-refractivity contribution >= 4 is 23.4 Å². The normalized spacial score (nSPS) is 12.4. The summed E-state index contributed by atoms with van der Waals surface area (Å²) >= 11 is 0. The maximum absolute atomic E-state index is 11.5. The van der Waals surface area contributed by atoms with E-state index in [1.165, 1.54) is 11.1 Å². The predicted molar refractivity (Wildman–Crippen MR) is 145 cm³/mol. The topological polar surface area (TPSA) is 65.5 Å². The number of rotatable bonds is 8. The van der Waals surface area contributed by atoms with Gasteiger partial charge in [0.1, 0.15) is 5.82 Å². The Balaban J connectivity index is 1.33. The summed E-state index contributed by atoms with van der Waals surface area (Å²) in [4.78, 5) is 17.9. The van der Waals surface area contributed by atoms with Gasteiger partial charge < -0.3 is 15.3 Å². The summed E-state index contributed by atoms with van der Waals surface area (Å²) in [5.74, 6) is 0.0177. The number of fused-ring (bicyclic) bond motifs is 1. The van der Waals surface area contributed by atoms with E-state index in [2.05, 4.69) is 63.7 Å². The lowest BCUT2D eigenvalue weighted by molar-refractivity contribution is -0.135. The average Bonchev–Trinajstić information content (AvgIpc) is 3.08. The van der Waals surface area contributed by atoms with Crippen molar-refractivity contribution in [3.8, 4) is 11.1 Å². The van der Waals surface area contributed by atoms with E-state index in [1.54, 1.807) is 6.20 Å². The van der Waals surface area contributed by atoms with E-state index in [1.807, 2.05) is 60.9 Å². The number of anilines is 1. The van der Waals surface area contributed by atoms with E-state index < -0.39 is 5.97 Å². The van der Waals surface area contributed by atoms with Crippen LogP contribution in [0.15, 0.2) is 110 Å². The van der Waals surface area contributed by atoms with Gasteiger partial charge in [-0.3, -0.25) is 4.79 Å². The van der Waals surface area contributed by atoms with Crippen molar-refractivity contribution in [1.29, 1.82) is 0 Å². The molecule has 0 bridgehead atoms. The van der Waals surface area contributed by atoms with Crippen LogP contribution in [0.5, 0.6) is 0 Å². The number of aliphatic carboxylic acids is 1. The third-order valence-electron chi connectivity index (χ3n) is 6.19. The number of hydrogen-bond acceptors (Lipinski definition) is 4. The summed E-state index contributed by atoms with van der Waals surface area (Å²) in [5, 5.41) is 12.8. The van der Waals surface area contributed by atoms with Gasteiger partial charge in [0, 0.05) is 31.7 Å². The monoisotopic (exact) mass is 473 g/mol. The average molecular weight is 474 g/mol. The third-order valence-corrected chi connectivity index (χ3v) is 6.19. The molecule has 5 rings (SSSR count). The molecular weight excluding hydrogens is 446 g/mol. The largest absolute Gasteiger partial charge is 0.481 e. The van der Waals surface area contributed by atoms with Crippen LogP contribution in [0.2, 0.25) is 0 Å². The van der Waals surface area contributed by atoms with Crippen molar-refractivity contribution in [2.75, 3.05) is 5.32 Å². The number of benzene rings is 3. The molecule has 5 nitrogen and oxygen atoms in total. The molecule has 3 aromatic carbocycles. The molecule has 2 heterocycles. The Kier molecular flexibility index (Phi) is 6.90. The highest BCUT2D eigenvalue weighted by Crippen LogP contribution is 2.29. The number of nitrogens with zero attached hydrogens (tertiary/aromatic N) is 2. The first-order chi connectivity index (χ1) is 17.7. The second-order valence-electron chi connectivity index (χ2n) is 8.72. The van der Waals surface area contributed by atoms with Gasteiger partial charge in [-0.25, -0.2) is 4.98 Å². The minimum Gasteiger partial charge on any atom is -0.481 e. The molecule has 0 spiro atoms. The van der Waals surface area contributed by atoms with Gasteiger partial charge in [-0.2, -0.15) is 0 Å². The number of carbonyl (C=O) groups is 1. The summed E-state index contributed by atoms with van der Waals surface area (Å²) in [7, 11) is 0. The summed E-state index contributed by atoms with van der Waals surface area (Å²) in [5.41, 5.74) is 7.46. The highest BCUT2D eigenvalue weighted by Gasteiger charge is 2.14. The molecule has 0 fully saturated rings. The zero-order valence-electron chi connectivity index (χ0n) is 19.8. The van der Waals surface area contributed by atoms with Crippen LogP contribution >= 0.6 is 0 Å². The van der Waals surface area contributed by atoms with Gasteiger partial charge in [-0.15, -0.1) is 0 Å². The highest BCUT2D eigenvalue weighted by atomic mass is 16.4. The zero-order chi connectivity index (χ0) is 24.7. The van der Waals surface area contributed by atoms with Crippen LogP contribution < -0.4 is 5.32 Å². The Hall–Kier alpha value is -4.64. The Morgan fingerprint density at radius 3 is 2.39 bits per heavy atom. The van der Waals surface area contributed by atoms with E-state index in [-0.39, 0.29) is 6.42 Å². The fraction of sp³-hybridized carbons (Fsp3) is 0.0968. The van der Waals surface area contributed by atoms with Crippen molar-refractivity contribution < 1.29 is 9.90 Å². The smallest absolute Gasteiger partial charge is 0.307 e. The lowest BCUT2D eigenvalue weighted by atomic mass is 9.98. The van der Waals surface area contributed by atoms with Gasteiger partial charge in [0.05, 0.1) is 6.42 Å². The molecule has 0 radical (unpaired) electrons. The molecule has 0 aliphatic carbocycles. The van der Waals surface area contributed by atoms with Crippen LogP contribution in [0.1, 0.15) is 28.7 Å². The third kappa shape index (κ3) is 5.53. The second-order valence-corrected chi connectivity index (χ2v) is 8.72. The molecule has 0 saturated carbocycles. The summed E-state index contributed by atoms with van der Waals surface area (Å²) in [6.45, 7) is 1.34. The molecule has 5 heteroatoms. The quantitative estimate of drug-likeness (QED) is 0.299. The van der Waals surface area contributed by atoms with Crippen LogP contribution in [0.4, 0.5) is 5.82 Å². The van der Waals surface area contributed by atoms with Crippen LogP contribution in [0, 0.1) is 0 Å². The number of carboxylic acids is 1. The van der Waals surface area contributed by atoms with Gasteiger partial charge in [0.15, 0.2) is 0 Å². The molecular formula is C31H27N3O2. The fourth-order valence-electron chi connectivity index (χ4n) is 4.44. The Morgan fingerprint density at radius 1 is 0.861 bits per heavy atom. The predicted octanol–water partition coefficient (Wildman–Crippen LogP) is 6.66. The SMILES string of the molecule is O=C(O)CC1=CN(Cc2ccc(-c3ccccc3CNc3ccccn3)cc2)C=Cc2ccccc21. The van der Waals surface area contributed by atoms with E-state index in [4.69, 9.17) is 0 Å². The molecule has 0 unspecified atom stereocenters. The van der Waals surface area contributed by atoms with Crippen molar-refractivity contribution in [1.82, 2.24) is 9.88 Å². The number of pyridine rings is 1. The molecule has 1 aromatic heterocycles. The first kappa shape index (κ1) is 23.1. The first-order valence-electron chi connectivity index (χ1n) is 11.9. The van der Waals surface area contributed by atoms with Crippen LogP contribution in [-0.4, -0.2) is 21.0 Å². The van der Waals surface area contributed by atoms with Crippen LogP contribution in [-0.2, 0) is 17.9 Å². The van der Waals surface area contributed by atoms with E-state index in [9.17, 15) is 9.90 Å². The van der Waals surface area contributed by atoms with Gasteiger partial charge >= 0.3 is 5.97 Å². The Morgan fingerprint density at radius 2 is 1.61 bits per heavy atom. The molecule has 0 amide bonds. The number of carboxylic acid groups (broad SMARTS) is 1. The van der Waals surface area contributed by atoms with Gasteiger partial charge in [-0.1, -0.05) is 78.9 Å². The molecule has 2 N–H and O–H groups in total. The fourth-order valence-corrected chi connectivity index (χ4v) is 4.44. The molecule has 178 valence electrons. The molecule has 1 aliphatic rings. The minimum atomic E-state index is -0.835. The van der Waals surface area contributed by atoms with Crippen molar-refractivity contribution in [3.63, 3.8) is 0 Å².